The lowest BCUT2D eigenvalue weighted by atomic mass is 10.2. The Morgan fingerprint density at radius 1 is 1.53 bits per heavy atom. The highest BCUT2D eigenvalue weighted by molar-refractivity contribution is 9.10. The van der Waals surface area contributed by atoms with Gasteiger partial charge in [0.25, 0.3) is 0 Å². The summed E-state index contributed by atoms with van der Waals surface area (Å²) in [4.78, 5) is 2.54. The van der Waals surface area contributed by atoms with Gasteiger partial charge >= 0.3 is 0 Å². The van der Waals surface area contributed by atoms with Crippen LogP contribution in [0.1, 0.15) is 11.1 Å². The summed E-state index contributed by atoms with van der Waals surface area (Å²) in [5.74, 6) is 0. The maximum absolute atomic E-state index is 5.64. The van der Waals surface area contributed by atoms with Crippen LogP contribution in [0.25, 0.3) is 0 Å². The molecule has 100 valence electrons. The standard InChI is InChI=1S/C13H15BrN4S/c1-17(7-9-6-16-18(2)8-9)10-3-4-11(13(15)19)12(14)5-10/h3-6,8H,7H2,1-2H3,(H2,15,19). The first-order chi connectivity index (χ1) is 8.97. The van der Waals surface area contributed by atoms with Crippen LogP contribution >= 0.6 is 28.1 Å². The molecular formula is C13H15BrN4S. The number of halogens is 1. The van der Waals surface area contributed by atoms with Gasteiger partial charge in [0.05, 0.1) is 6.20 Å². The number of thiocarbonyl (C=S) groups is 1. The van der Waals surface area contributed by atoms with Crippen LogP contribution in [0.15, 0.2) is 35.1 Å². The van der Waals surface area contributed by atoms with Crippen molar-refractivity contribution in [3.8, 4) is 0 Å². The fraction of sp³-hybridized carbons (Fsp3) is 0.231. The Bertz CT molecular complexity index is 608. The molecular weight excluding hydrogens is 324 g/mol. The van der Waals surface area contributed by atoms with Gasteiger partial charge in [-0.15, -0.1) is 0 Å². The molecule has 0 fully saturated rings. The number of aryl methyl sites for hydroxylation is 1. The molecule has 1 heterocycles. The lowest BCUT2D eigenvalue weighted by molar-refractivity contribution is 0.766. The number of nitrogens with zero attached hydrogens (tertiary/aromatic N) is 3. The fourth-order valence-electron chi connectivity index (χ4n) is 1.86. The summed E-state index contributed by atoms with van der Waals surface area (Å²) in [7, 11) is 3.95. The quantitative estimate of drug-likeness (QED) is 0.870. The van der Waals surface area contributed by atoms with Crippen LogP contribution in [-0.4, -0.2) is 21.8 Å². The van der Waals surface area contributed by atoms with E-state index in [1.807, 2.05) is 44.7 Å². The molecule has 2 aromatic rings. The van der Waals surface area contributed by atoms with E-state index in [1.54, 1.807) is 4.68 Å². The van der Waals surface area contributed by atoms with E-state index in [9.17, 15) is 0 Å². The Labute approximate surface area is 126 Å². The lowest BCUT2D eigenvalue weighted by Crippen LogP contribution is -2.17. The highest BCUT2D eigenvalue weighted by Crippen LogP contribution is 2.24. The van der Waals surface area contributed by atoms with E-state index < -0.39 is 0 Å². The van der Waals surface area contributed by atoms with Crippen LogP contribution < -0.4 is 10.6 Å². The van der Waals surface area contributed by atoms with E-state index in [2.05, 4.69) is 25.9 Å². The van der Waals surface area contributed by atoms with Crippen molar-refractivity contribution in [2.75, 3.05) is 11.9 Å². The van der Waals surface area contributed by atoms with Crippen molar-refractivity contribution in [1.29, 1.82) is 0 Å². The highest BCUT2D eigenvalue weighted by atomic mass is 79.9. The van der Waals surface area contributed by atoms with Crippen LogP contribution in [0.3, 0.4) is 0 Å². The van der Waals surface area contributed by atoms with Crippen LogP contribution in [0.2, 0.25) is 0 Å². The van der Waals surface area contributed by atoms with Crippen LogP contribution in [0, 0.1) is 0 Å². The maximum atomic E-state index is 5.64. The molecule has 0 aliphatic carbocycles. The summed E-state index contributed by atoms with van der Waals surface area (Å²) in [5, 5.41) is 4.17. The first kappa shape index (κ1) is 14.0. The first-order valence-corrected chi connectivity index (χ1v) is 6.95. The van der Waals surface area contributed by atoms with Gasteiger partial charge < -0.3 is 10.6 Å². The normalized spacial score (nSPS) is 10.5. The zero-order valence-electron chi connectivity index (χ0n) is 10.8. The second-order valence-corrected chi connectivity index (χ2v) is 5.70. The molecule has 2 rings (SSSR count). The van der Waals surface area contributed by atoms with Crippen LogP contribution in [0.5, 0.6) is 0 Å². The Kier molecular flexibility index (Phi) is 4.21. The van der Waals surface area contributed by atoms with E-state index in [1.165, 1.54) is 5.56 Å². The van der Waals surface area contributed by atoms with Gasteiger partial charge in [-0.1, -0.05) is 12.2 Å². The number of aromatic nitrogens is 2. The van der Waals surface area contributed by atoms with Gasteiger partial charge in [-0.25, -0.2) is 0 Å². The summed E-state index contributed by atoms with van der Waals surface area (Å²) in [6.45, 7) is 0.798. The highest BCUT2D eigenvalue weighted by Gasteiger charge is 2.08. The summed E-state index contributed by atoms with van der Waals surface area (Å²) >= 11 is 8.48. The zero-order chi connectivity index (χ0) is 14.0. The summed E-state index contributed by atoms with van der Waals surface area (Å²) in [5.41, 5.74) is 8.76. The molecule has 0 amide bonds. The molecule has 0 aliphatic rings. The molecule has 0 saturated carbocycles. The zero-order valence-corrected chi connectivity index (χ0v) is 13.2. The predicted octanol–water partition coefficient (Wildman–Crippen LogP) is 2.45. The summed E-state index contributed by atoms with van der Waals surface area (Å²) in [6, 6.07) is 5.96. The average Bonchev–Trinajstić information content (AvgIpc) is 2.74. The molecule has 0 radical (unpaired) electrons. The lowest BCUT2D eigenvalue weighted by Gasteiger charge is -2.19. The van der Waals surface area contributed by atoms with Crippen molar-refractivity contribution in [3.63, 3.8) is 0 Å². The van der Waals surface area contributed by atoms with Gasteiger partial charge in [-0.05, 0) is 34.1 Å². The van der Waals surface area contributed by atoms with Gasteiger partial charge in [-0.3, -0.25) is 4.68 Å². The Balaban J connectivity index is 2.17. The summed E-state index contributed by atoms with van der Waals surface area (Å²) in [6.07, 6.45) is 3.88. The second-order valence-electron chi connectivity index (χ2n) is 4.41. The molecule has 0 aliphatic heterocycles. The minimum Gasteiger partial charge on any atom is -0.389 e. The summed E-state index contributed by atoms with van der Waals surface area (Å²) < 4.78 is 2.71. The number of benzene rings is 1. The maximum Gasteiger partial charge on any atom is 0.105 e. The minimum absolute atomic E-state index is 0.397. The van der Waals surface area contributed by atoms with E-state index in [4.69, 9.17) is 18.0 Å². The second kappa shape index (κ2) is 5.71. The van der Waals surface area contributed by atoms with E-state index >= 15 is 0 Å². The molecule has 0 atom stereocenters. The van der Waals surface area contributed by atoms with Crippen molar-refractivity contribution in [2.45, 2.75) is 6.54 Å². The van der Waals surface area contributed by atoms with Crippen molar-refractivity contribution in [1.82, 2.24) is 9.78 Å². The van der Waals surface area contributed by atoms with Crippen molar-refractivity contribution < 1.29 is 0 Å². The van der Waals surface area contributed by atoms with Gasteiger partial charge in [0.2, 0.25) is 0 Å². The average molecular weight is 339 g/mol. The van der Waals surface area contributed by atoms with E-state index in [0.717, 1.165) is 22.3 Å². The topological polar surface area (TPSA) is 47.1 Å². The van der Waals surface area contributed by atoms with Gasteiger partial charge in [-0.2, -0.15) is 5.10 Å². The Morgan fingerprint density at radius 3 is 2.79 bits per heavy atom. The third kappa shape index (κ3) is 3.33. The van der Waals surface area contributed by atoms with Crippen LogP contribution in [0.4, 0.5) is 5.69 Å². The molecule has 4 nitrogen and oxygen atoms in total. The van der Waals surface area contributed by atoms with Gasteiger partial charge in [0, 0.05) is 48.1 Å². The monoisotopic (exact) mass is 338 g/mol. The predicted molar refractivity (Wildman–Crippen MR) is 85.3 cm³/mol. The molecule has 1 aromatic carbocycles. The van der Waals surface area contributed by atoms with Crippen molar-refractivity contribution in [2.24, 2.45) is 12.8 Å². The molecule has 0 unspecified atom stereocenters. The number of rotatable bonds is 4. The first-order valence-electron chi connectivity index (χ1n) is 5.75. The van der Waals surface area contributed by atoms with Gasteiger partial charge in [0.1, 0.15) is 4.99 Å². The van der Waals surface area contributed by atoms with Gasteiger partial charge in [0.15, 0.2) is 0 Å². The SMILES string of the molecule is CN(Cc1cnn(C)c1)c1ccc(C(N)=S)c(Br)c1. The molecule has 19 heavy (non-hydrogen) atoms. The van der Waals surface area contributed by atoms with Crippen LogP contribution in [-0.2, 0) is 13.6 Å². The van der Waals surface area contributed by atoms with E-state index in [0.29, 0.717) is 4.99 Å². The largest absolute Gasteiger partial charge is 0.389 e. The Hall–Kier alpha value is -1.40. The van der Waals surface area contributed by atoms with E-state index in [-0.39, 0.29) is 0 Å². The smallest absolute Gasteiger partial charge is 0.105 e. The molecule has 0 saturated heterocycles. The molecule has 2 N–H and O–H groups in total. The number of hydrogen-bond acceptors (Lipinski definition) is 3. The van der Waals surface area contributed by atoms with Crippen molar-refractivity contribution >= 4 is 38.8 Å². The third-order valence-electron chi connectivity index (χ3n) is 2.84. The molecule has 6 heteroatoms. The minimum atomic E-state index is 0.397. The number of hydrogen-bond donors (Lipinski definition) is 1. The third-order valence-corrected chi connectivity index (χ3v) is 3.71. The molecule has 1 aromatic heterocycles. The molecule has 0 spiro atoms. The Morgan fingerprint density at radius 2 is 2.26 bits per heavy atom. The fourth-order valence-corrected chi connectivity index (χ4v) is 2.75. The molecule has 0 bridgehead atoms. The van der Waals surface area contributed by atoms with Crippen molar-refractivity contribution in [3.05, 3.63) is 46.2 Å². The number of nitrogens with two attached hydrogens (primary N) is 1. The number of anilines is 1.